The fourth-order valence-corrected chi connectivity index (χ4v) is 3.27. The van der Waals surface area contributed by atoms with Crippen molar-refractivity contribution in [2.75, 3.05) is 7.11 Å². The highest BCUT2D eigenvalue weighted by molar-refractivity contribution is 7.84. The summed E-state index contributed by atoms with van der Waals surface area (Å²) in [6, 6.07) is 10.7. The highest BCUT2D eigenvalue weighted by Gasteiger charge is 2.18. The molecule has 0 heterocycles. The molecular formula is C16H16F2O2S. The van der Waals surface area contributed by atoms with Crippen molar-refractivity contribution in [2.45, 2.75) is 17.9 Å². The first kappa shape index (κ1) is 15.6. The Morgan fingerprint density at radius 1 is 1.14 bits per heavy atom. The summed E-state index contributed by atoms with van der Waals surface area (Å²) in [7, 11) is 0.0441. The van der Waals surface area contributed by atoms with E-state index < -0.39 is 21.9 Å². The molecule has 2 aromatic carbocycles. The lowest BCUT2D eigenvalue weighted by molar-refractivity contribution is 0.386. The van der Waals surface area contributed by atoms with E-state index in [1.54, 1.807) is 31.2 Å². The van der Waals surface area contributed by atoms with Crippen LogP contribution in [0, 0.1) is 11.6 Å². The Morgan fingerprint density at radius 3 is 2.48 bits per heavy atom. The lowest BCUT2D eigenvalue weighted by Gasteiger charge is -2.13. The van der Waals surface area contributed by atoms with Gasteiger partial charge in [-0.3, -0.25) is 4.21 Å². The molecule has 112 valence electrons. The van der Waals surface area contributed by atoms with E-state index in [1.165, 1.54) is 25.3 Å². The molecule has 2 nitrogen and oxygen atoms in total. The quantitative estimate of drug-likeness (QED) is 0.835. The molecule has 2 aromatic rings. The Hall–Kier alpha value is -1.75. The summed E-state index contributed by atoms with van der Waals surface area (Å²) >= 11 is 0. The van der Waals surface area contributed by atoms with Gasteiger partial charge in [0.25, 0.3) is 0 Å². The molecule has 21 heavy (non-hydrogen) atoms. The predicted octanol–water partition coefficient (Wildman–Crippen LogP) is 3.98. The van der Waals surface area contributed by atoms with E-state index in [4.69, 9.17) is 4.74 Å². The van der Waals surface area contributed by atoms with E-state index in [2.05, 4.69) is 0 Å². The summed E-state index contributed by atoms with van der Waals surface area (Å²) in [5.74, 6) is -0.562. The molecule has 0 fully saturated rings. The van der Waals surface area contributed by atoms with Gasteiger partial charge in [0.1, 0.15) is 5.82 Å². The molecule has 0 saturated heterocycles. The summed E-state index contributed by atoms with van der Waals surface area (Å²) in [6.07, 6.45) is 0. The van der Waals surface area contributed by atoms with Crippen molar-refractivity contribution in [3.63, 3.8) is 0 Å². The molecule has 0 aromatic heterocycles. The second kappa shape index (κ2) is 6.80. The molecule has 0 amide bonds. The third-order valence-corrected chi connectivity index (χ3v) is 4.92. The summed E-state index contributed by atoms with van der Waals surface area (Å²) in [4.78, 5) is 0. The summed E-state index contributed by atoms with van der Waals surface area (Å²) < 4.78 is 44.5. The average molecular weight is 310 g/mol. The van der Waals surface area contributed by atoms with Crippen LogP contribution in [-0.4, -0.2) is 11.3 Å². The second-order valence-electron chi connectivity index (χ2n) is 4.66. The highest BCUT2D eigenvalue weighted by Crippen LogP contribution is 2.25. The fraction of sp³-hybridized carbons (Fsp3) is 0.250. The molecule has 0 unspecified atom stereocenters. The zero-order valence-electron chi connectivity index (χ0n) is 11.8. The predicted molar refractivity (Wildman–Crippen MR) is 79.6 cm³/mol. The fourth-order valence-electron chi connectivity index (χ4n) is 2.04. The number of hydrogen-bond acceptors (Lipinski definition) is 2. The SMILES string of the molecule is COc1ccc(C[S@@](=O)[C@H](C)c2ccccc2F)cc1F. The van der Waals surface area contributed by atoms with Crippen molar-refractivity contribution in [3.8, 4) is 5.75 Å². The van der Waals surface area contributed by atoms with Gasteiger partial charge in [-0.15, -0.1) is 0 Å². The van der Waals surface area contributed by atoms with Gasteiger partial charge < -0.3 is 4.74 Å². The van der Waals surface area contributed by atoms with Gasteiger partial charge in [-0.25, -0.2) is 8.78 Å². The first-order chi connectivity index (χ1) is 10.0. The van der Waals surface area contributed by atoms with Crippen LogP contribution in [0.4, 0.5) is 8.78 Å². The molecular weight excluding hydrogens is 294 g/mol. The van der Waals surface area contributed by atoms with Crippen molar-refractivity contribution in [3.05, 3.63) is 65.2 Å². The molecule has 2 atom stereocenters. The van der Waals surface area contributed by atoms with Gasteiger partial charge in [-0.2, -0.15) is 0 Å². The first-order valence-corrected chi connectivity index (χ1v) is 7.85. The van der Waals surface area contributed by atoms with Crippen LogP contribution in [0.5, 0.6) is 5.75 Å². The van der Waals surface area contributed by atoms with Crippen LogP contribution in [-0.2, 0) is 16.6 Å². The zero-order valence-corrected chi connectivity index (χ0v) is 12.6. The van der Waals surface area contributed by atoms with Crippen LogP contribution in [0.2, 0.25) is 0 Å². The average Bonchev–Trinajstić information content (AvgIpc) is 2.47. The number of methoxy groups -OCH3 is 1. The summed E-state index contributed by atoms with van der Waals surface area (Å²) in [5.41, 5.74) is 1.000. The molecule has 0 saturated carbocycles. The number of hydrogen-bond donors (Lipinski definition) is 0. The van der Waals surface area contributed by atoms with Crippen molar-refractivity contribution in [1.82, 2.24) is 0 Å². The molecule has 0 aliphatic heterocycles. The second-order valence-corrected chi connectivity index (χ2v) is 6.41. The van der Waals surface area contributed by atoms with E-state index in [-0.39, 0.29) is 17.3 Å². The van der Waals surface area contributed by atoms with Gasteiger partial charge in [0, 0.05) is 22.1 Å². The Balaban J connectivity index is 2.14. The van der Waals surface area contributed by atoms with E-state index in [1.807, 2.05) is 0 Å². The molecule has 2 rings (SSSR count). The molecule has 0 spiro atoms. The van der Waals surface area contributed by atoms with Crippen LogP contribution in [0.15, 0.2) is 42.5 Å². The number of halogens is 2. The van der Waals surface area contributed by atoms with Crippen LogP contribution in [0.3, 0.4) is 0 Å². The minimum atomic E-state index is -1.34. The van der Waals surface area contributed by atoms with Crippen LogP contribution < -0.4 is 4.74 Å². The Morgan fingerprint density at radius 2 is 1.86 bits per heavy atom. The number of ether oxygens (including phenoxy) is 1. The van der Waals surface area contributed by atoms with Gasteiger partial charge >= 0.3 is 0 Å². The molecule has 0 aliphatic rings. The maximum Gasteiger partial charge on any atom is 0.165 e. The Labute approximate surface area is 125 Å². The highest BCUT2D eigenvalue weighted by atomic mass is 32.2. The van der Waals surface area contributed by atoms with E-state index in [0.29, 0.717) is 11.1 Å². The number of rotatable bonds is 5. The third-order valence-electron chi connectivity index (χ3n) is 3.26. The normalized spacial score (nSPS) is 13.7. The van der Waals surface area contributed by atoms with Gasteiger partial charge in [0.05, 0.1) is 12.4 Å². The Kier molecular flexibility index (Phi) is 5.07. The van der Waals surface area contributed by atoms with Gasteiger partial charge in [-0.1, -0.05) is 24.3 Å². The monoisotopic (exact) mass is 310 g/mol. The van der Waals surface area contributed by atoms with Gasteiger partial charge in [-0.05, 0) is 30.7 Å². The first-order valence-electron chi connectivity index (χ1n) is 6.47. The maximum absolute atomic E-state index is 13.7. The van der Waals surface area contributed by atoms with Crippen molar-refractivity contribution < 1.29 is 17.7 Å². The summed E-state index contributed by atoms with van der Waals surface area (Å²) in [5, 5.41) is -0.462. The smallest absolute Gasteiger partial charge is 0.165 e. The van der Waals surface area contributed by atoms with E-state index >= 15 is 0 Å². The molecule has 0 N–H and O–H groups in total. The Bertz CT molecular complexity index is 658. The maximum atomic E-state index is 13.7. The molecule has 0 bridgehead atoms. The largest absolute Gasteiger partial charge is 0.494 e. The van der Waals surface area contributed by atoms with Crippen molar-refractivity contribution in [2.24, 2.45) is 0 Å². The van der Waals surface area contributed by atoms with Crippen molar-refractivity contribution in [1.29, 1.82) is 0 Å². The van der Waals surface area contributed by atoms with Crippen molar-refractivity contribution >= 4 is 10.8 Å². The van der Waals surface area contributed by atoms with E-state index in [0.717, 1.165) is 0 Å². The van der Waals surface area contributed by atoms with Gasteiger partial charge in [0.15, 0.2) is 11.6 Å². The third kappa shape index (κ3) is 3.67. The molecule has 5 heteroatoms. The van der Waals surface area contributed by atoms with Crippen LogP contribution in [0.1, 0.15) is 23.3 Å². The lowest BCUT2D eigenvalue weighted by Crippen LogP contribution is -2.07. The molecule has 0 radical (unpaired) electrons. The lowest BCUT2D eigenvalue weighted by atomic mass is 10.1. The minimum Gasteiger partial charge on any atom is -0.494 e. The zero-order chi connectivity index (χ0) is 15.4. The standard InChI is InChI=1S/C16H16F2O2S/c1-11(13-5-3-4-6-14(13)17)21(19)10-12-7-8-16(20-2)15(18)9-12/h3-9,11H,10H2,1-2H3/t11-,21-/m1/s1. The van der Waals surface area contributed by atoms with Crippen LogP contribution >= 0.6 is 0 Å². The molecule has 0 aliphatic carbocycles. The van der Waals surface area contributed by atoms with E-state index in [9.17, 15) is 13.0 Å². The van der Waals surface area contributed by atoms with Crippen LogP contribution in [0.25, 0.3) is 0 Å². The topological polar surface area (TPSA) is 26.3 Å². The van der Waals surface area contributed by atoms with Gasteiger partial charge in [0.2, 0.25) is 0 Å². The number of benzene rings is 2. The minimum absolute atomic E-state index is 0.145. The summed E-state index contributed by atoms with van der Waals surface area (Å²) in [6.45, 7) is 1.70.